The second kappa shape index (κ2) is 6.75. The zero-order valence-corrected chi connectivity index (χ0v) is 11.3. The number of hydrogen-bond donors (Lipinski definition) is 3. The molecule has 0 radical (unpaired) electrons. The van der Waals surface area contributed by atoms with E-state index in [-0.39, 0.29) is 17.6 Å². The van der Waals surface area contributed by atoms with Crippen molar-refractivity contribution in [3.05, 3.63) is 29.8 Å². The lowest BCUT2D eigenvalue weighted by molar-refractivity contribution is 0.0697. The lowest BCUT2D eigenvalue weighted by Gasteiger charge is -2.20. The van der Waals surface area contributed by atoms with Crippen LogP contribution in [0.3, 0.4) is 0 Å². The standard InChI is InChI=1S/C13H19N3O3/c1-9(16(2)3)8-14-13(19)15-11-6-4-5-10(7-11)12(17)18/h4-7,9H,8H2,1-3H3,(H,17,18)(H2,14,15,19). The molecule has 0 saturated heterocycles. The van der Waals surface area contributed by atoms with Gasteiger partial charge in [0.1, 0.15) is 0 Å². The van der Waals surface area contributed by atoms with Crippen molar-refractivity contribution in [3.8, 4) is 0 Å². The molecule has 0 bridgehead atoms. The van der Waals surface area contributed by atoms with Crippen LogP contribution in [0.4, 0.5) is 10.5 Å². The van der Waals surface area contributed by atoms with Crippen molar-refractivity contribution >= 4 is 17.7 Å². The summed E-state index contributed by atoms with van der Waals surface area (Å²) < 4.78 is 0. The van der Waals surface area contributed by atoms with Crippen LogP contribution in [0.15, 0.2) is 24.3 Å². The maximum atomic E-state index is 11.6. The molecule has 0 aliphatic heterocycles. The Morgan fingerprint density at radius 2 is 2.05 bits per heavy atom. The van der Waals surface area contributed by atoms with E-state index >= 15 is 0 Å². The number of benzene rings is 1. The molecule has 1 aromatic carbocycles. The minimum absolute atomic E-state index is 0.138. The molecule has 2 amide bonds. The van der Waals surface area contributed by atoms with Crippen LogP contribution in [-0.2, 0) is 0 Å². The molecule has 1 unspecified atom stereocenters. The number of carbonyl (C=O) groups excluding carboxylic acids is 1. The number of carboxylic acids is 1. The number of nitrogens with one attached hydrogen (secondary N) is 2. The van der Waals surface area contributed by atoms with Gasteiger partial charge in [0.25, 0.3) is 0 Å². The molecule has 1 aromatic rings. The van der Waals surface area contributed by atoms with E-state index in [1.54, 1.807) is 12.1 Å². The van der Waals surface area contributed by atoms with Crippen molar-refractivity contribution in [2.45, 2.75) is 13.0 Å². The van der Waals surface area contributed by atoms with Crippen LogP contribution in [0.1, 0.15) is 17.3 Å². The summed E-state index contributed by atoms with van der Waals surface area (Å²) in [5, 5.41) is 14.2. The Morgan fingerprint density at radius 3 is 2.63 bits per heavy atom. The number of likely N-dealkylation sites (N-methyl/N-ethyl adjacent to an activating group) is 1. The summed E-state index contributed by atoms with van der Waals surface area (Å²) in [6.07, 6.45) is 0. The van der Waals surface area contributed by atoms with Gasteiger partial charge in [-0.15, -0.1) is 0 Å². The molecule has 0 heterocycles. The van der Waals surface area contributed by atoms with Gasteiger partial charge in [-0.25, -0.2) is 9.59 Å². The number of urea groups is 1. The summed E-state index contributed by atoms with van der Waals surface area (Å²) in [4.78, 5) is 24.4. The highest BCUT2D eigenvalue weighted by molar-refractivity contribution is 5.93. The van der Waals surface area contributed by atoms with Crippen LogP contribution in [0.2, 0.25) is 0 Å². The maximum absolute atomic E-state index is 11.6. The summed E-state index contributed by atoms with van der Waals surface area (Å²) >= 11 is 0. The van der Waals surface area contributed by atoms with E-state index in [1.807, 2.05) is 25.9 Å². The first-order chi connectivity index (χ1) is 8.90. The van der Waals surface area contributed by atoms with E-state index in [0.717, 1.165) is 0 Å². The Hall–Kier alpha value is -2.08. The minimum atomic E-state index is -1.02. The largest absolute Gasteiger partial charge is 0.478 e. The van der Waals surface area contributed by atoms with Crippen LogP contribution >= 0.6 is 0 Å². The second-order valence-electron chi connectivity index (χ2n) is 4.53. The zero-order chi connectivity index (χ0) is 14.4. The van der Waals surface area contributed by atoms with Crippen LogP contribution in [-0.4, -0.2) is 48.7 Å². The number of carbonyl (C=O) groups is 2. The van der Waals surface area contributed by atoms with Crippen LogP contribution in [0, 0.1) is 0 Å². The molecule has 1 rings (SSSR count). The molecule has 6 nitrogen and oxygen atoms in total. The summed E-state index contributed by atoms with van der Waals surface area (Å²) in [6, 6.07) is 5.98. The third-order valence-electron chi connectivity index (χ3n) is 2.81. The molecule has 0 aromatic heterocycles. The van der Waals surface area contributed by atoms with Crippen LogP contribution in [0.25, 0.3) is 0 Å². The van der Waals surface area contributed by atoms with Crippen molar-refractivity contribution < 1.29 is 14.7 Å². The molecule has 0 spiro atoms. The first-order valence-electron chi connectivity index (χ1n) is 5.95. The van der Waals surface area contributed by atoms with E-state index in [2.05, 4.69) is 10.6 Å². The second-order valence-corrected chi connectivity index (χ2v) is 4.53. The minimum Gasteiger partial charge on any atom is -0.478 e. The van der Waals surface area contributed by atoms with Crippen molar-refractivity contribution in [2.75, 3.05) is 26.0 Å². The van der Waals surface area contributed by atoms with Gasteiger partial charge in [-0.1, -0.05) is 6.07 Å². The highest BCUT2D eigenvalue weighted by Gasteiger charge is 2.08. The highest BCUT2D eigenvalue weighted by atomic mass is 16.4. The Labute approximate surface area is 112 Å². The van der Waals surface area contributed by atoms with E-state index in [9.17, 15) is 9.59 Å². The summed E-state index contributed by atoms with van der Waals surface area (Å²) in [7, 11) is 3.86. The lowest BCUT2D eigenvalue weighted by Crippen LogP contribution is -2.40. The number of rotatable bonds is 5. The molecule has 1 atom stereocenters. The highest BCUT2D eigenvalue weighted by Crippen LogP contribution is 2.10. The first-order valence-corrected chi connectivity index (χ1v) is 5.95. The smallest absolute Gasteiger partial charge is 0.335 e. The van der Waals surface area contributed by atoms with Gasteiger partial charge < -0.3 is 20.6 Å². The van der Waals surface area contributed by atoms with E-state index in [4.69, 9.17) is 5.11 Å². The molecule has 3 N–H and O–H groups in total. The van der Waals surface area contributed by atoms with Gasteiger partial charge in [-0.2, -0.15) is 0 Å². The Kier molecular flexibility index (Phi) is 5.32. The number of nitrogens with zero attached hydrogens (tertiary/aromatic N) is 1. The van der Waals surface area contributed by atoms with Gasteiger partial charge in [-0.05, 0) is 39.2 Å². The molecule has 0 fully saturated rings. The molecule has 6 heteroatoms. The van der Waals surface area contributed by atoms with Crippen molar-refractivity contribution in [1.82, 2.24) is 10.2 Å². The molecule has 104 valence electrons. The molecule has 0 saturated carbocycles. The van der Waals surface area contributed by atoms with Gasteiger partial charge in [0.05, 0.1) is 5.56 Å². The van der Waals surface area contributed by atoms with E-state index < -0.39 is 5.97 Å². The monoisotopic (exact) mass is 265 g/mol. The summed E-state index contributed by atoms with van der Waals surface area (Å²) in [6.45, 7) is 2.50. The summed E-state index contributed by atoms with van der Waals surface area (Å²) in [5.74, 6) is -1.02. The number of aromatic carboxylic acids is 1. The molecule has 19 heavy (non-hydrogen) atoms. The lowest BCUT2D eigenvalue weighted by atomic mass is 10.2. The zero-order valence-electron chi connectivity index (χ0n) is 11.3. The van der Waals surface area contributed by atoms with Gasteiger partial charge >= 0.3 is 12.0 Å². The third-order valence-corrected chi connectivity index (χ3v) is 2.81. The quantitative estimate of drug-likeness (QED) is 0.752. The average Bonchev–Trinajstić information content (AvgIpc) is 2.36. The summed E-state index contributed by atoms with van der Waals surface area (Å²) in [5.41, 5.74) is 0.592. The van der Waals surface area contributed by atoms with Crippen molar-refractivity contribution in [2.24, 2.45) is 0 Å². The number of anilines is 1. The Morgan fingerprint density at radius 1 is 1.37 bits per heavy atom. The van der Waals surface area contributed by atoms with Crippen molar-refractivity contribution in [1.29, 1.82) is 0 Å². The predicted octanol–water partition coefficient (Wildman–Crippen LogP) is 1.46. The SMILES string of the molecule is CC(CNC(=O)Nc1cccc(C(=O)O)c1)N(C)C. The van der Waals surface area contributed by atoms with Gasteiger partial charge in [0.2, 0.25) is 0 Å². The van der Waals surface area contributed by atoms with Crippen LogP contribution < -0.4 is 10.6 Å². The average molecular weight is 265 g/mol. The predicted molar refractivity (Wildman–Crippen MR) is 73.6 cm³/mol. The normalized spacial score (nSPS) is 12.0. The maximum Gasteiger partial charge on any atom is 0.335 e. The topological polar surface area (TPSA) is 81.7 Å². The van der Waals surface area contributed by atoms with Gasteiger partial charge in [-0.3, -0.25) is 0 Å². The van der Waals surface area contributed by atoms with Crippen molar-refractivity contribution in [3.63, 3.8) is 0 Å². The number of amides is 2. The van der Waals surface area contributed by atoms with E-state index in [1.165, 1.54) is 12.1 Å². The molecular weight excluding hydrogens is 246 g/mol. The van der Waals surface area contributed by atoms with Gasteiger partial charge in [0, 0.05) is 18.3 Å². The third kappa shape index (κ3) is 4.97. The Balaban J connectivity index is 2.53. The fourth-order valence-corrected chi connectivity index (χ4v) is 1.33. The van der Waals surface area contributed by atoms with Gasteiger partial charge in [0.15, 0.2) is 0 Å². The fraction of sp³-hybridized carbons (Fsp3) is 0.385. The number of carboxylic acid groups (broad SMARTS) is 1. The molecular formula is C13H19N3O3. The fourth-order valence-electron chi connectivity index (χ4n) is 1.33. The molecule has 0 aliphatic rings. The first kappa shape index (κ1) is 15.0. The Bertz CT molecular complexity index is 460. The van der Waals surface area contributed by atoms with E-state index in [0.29, 0.717) is 12.2 Å². The molecule has 0 aliphatic carbocycles. The van der Waals surface area contributed by atoms with Crippen LogP contribution in [0.5, 0.6) is 0 Å². The number of hydrogen-bond acceptors (Lipinski definition) is 3.